The van der Waals surface area contributed by atoms with Crippen LogP contribution in [0.3, 0.4) is 0 Å². The first-order valence-electron chi connectivity index (χ1n) is 6.04. The van der Waals surface area contributed by atoms with Crippen molar-refractivity contribution in [1.82, 2.24) is 14.5 Å². The fourth-order valence-corrected chi connectivity index (χ4v) is 2.70. The highest BCUT2D eigenvalue weighted by atomic mass is 32.2. The van der Waals surface area contributed by atoms with Crippen molar-refractivity contribution < 1.29 is 8.42 Å². The highest BCUT2D eigenvalue weighted by Crippen LogP contribution is 2.22. The second kappa shape index (κ2) is 5.27. The van der Waals surface area contributed by atoms with E-state index < -0.39 is 10.2 Å². The molecule has 0 aromatic carbocycles. The van der Waals surface area contributed by atoms with Gasteiger partial charge in [0, 0.05) is 30.3 Å². The van der Waals surface area contributed by atoms with Crippen LogP contribution in [0.4, 0.5) is 5.82 Å². The highest BCUT2D eigenvalue weighted by Gasteiger charge is 2.22. The zero-order chi connectivity index (χ0) is 14.0. The first-order valence-corrected chi connectivity index (χ1v) is 7.48. The van der Waals surface area contributed by atoms with Crippen molar-refractivity contribution in [3.8, 4) is 0 Å². The lowest BCUT2D eigenvalue weighted by Crippen LogP contribution is -2.35. The van der Waals surface area contributed by atoms with Gasteiger partial charge in [-0.1, -0.05) is 34.6 Å². The highest BCUT2D eigenvalue weighted by molar-refractivity contribution is 7.90. The number of nitrogens with zero attached hydrogens (tertiary/aromatic N) is 2. The van der Waals surface area contributed by atoms with Gasteiger partial charge in [-0.05, 0) is 0 Å². The molecule has 1 rings (SSSR count). The van der Waals surface area contributed by atoms with Gasteiger partial charge in [-0.3, -0.25) is 9.82 Å². The molecular weight excluding hydrogens is 252 g/mol. The van der Waals surface area contributed by atoms with E-state index in [1.165, 1.54) is 4.31 Å². The molecule has 6 nitrogen and oxygen atoms in total. The molecule has 0 unspecified atom stereocenters. The number of rotatable bonds is 5. The summed E-state index contributed by atoms with van der Waals surface area (Å²) in [5.74, 6) is 0.326. The summed E-state index contributed by atoms with van der Waals surface area (Å²) in [5, 5.41) is 6.82. The lowest BCUT2D eigenvalue weighted by Gasteiger charge is -2.18. The van der Waals surface area contributed by atoms with E-state index in [0.717, 1.165) is 5.69 Å². The van der Waals surface area contributed by atoms with E-state index in [1.807, 2.05) is 20.8 Å². The van der Waals surface area contributed by atoms with Crippen LogP contribution >= 0.6 is 0 Å². The van der Waals surface area contributed by atoms with E-state index in [-0.39, 0.29) is 5.41 Å². The molecule has 2 N–H and O–H groups in total. The normalized spacial score (nSPS) is 13.0. The number of aromatic amines is 1. The van der Waals surface area contributed by atoms with Crippen LogP contribution in [0.1, 0.15) is 40.3 Å². The standard InChI is InChI=1S/C11H22N4O2S/c1-6-15(7-2)18(16,17)14-10-8-9(12-13-10)11(3,4)5/h8H,6-7H2,1-5H3,(H2,12,13,14). The molecule has 7 heteroatoms. The Morgan fingerprint density at radius 1 is 1.33 bits per heavy atom. The maximum atomic E-state index is 12.0. The van der Waals surface area contributed by atoms with Gasteiger partial charge in [0.1, 0.15) is 0 Å². The second-order valence-electron chi connectivity index (χ2n) is 5.11. The number of hydrogen-bond acceptors (Lipinski definition) is 3. The van der Waals surface area contributed by atoms with Crippen LogP contribution < -0.4 is 4.72 Å². The van der Waals surface area contributed by atoms with E-state index >= 15 is 0 Å². The Kier molecular flexibility index (Phi) is 4.39. The first kappa shape index (κ1) is 15.0. The number of nitrogens with one attached hydrogen (secondary N) is 2. The van der Waals surface area contributed by atoms with Crippen molar-refractivity contribution in [2.24, 2.45) is 0 Å². The minimum absolute atomic E-state index is 0.0914. The molecule has 0 amide bonds. The molecule has 1 aromatic rings. The van der Waals surface area contributed by atoms with Crippen molar-refractivity contribution >= 4 is 16.0 Å². The van der Waals surface area contributed by atoms with Gasteiger partial charge in [0.2, 0.25) is 0 Å². The molecular formula is C11H22N4O2S. The van der Waals surface area contributed by atoms with Gasteiger partial charge >= 0.3 is 10.2 Å². The Morgan fingerprint density at radius 2 is 1.89 bits per heavy atom. The molecule has 104 valence electrons. The zero-order valence-electron chi connectivity index (χ0n) is 11.6. The van der Waals surface area contributed by atoms with Crippen LogP contribution in [0, 0.1) is 0 Å². The van der Waals surface area contributed by atoms with Crippen LogP contribution in [0.15, 0.2) is 6.07 Å². The Bertz CT molecular complexity index is 483. The molecule has 1 heterocycles. The van der Waals surface area contributed by atoms with Crippen LogP contribution in [-0.2, 0) is 15.6 Å². The fraction of sp³-hybridized carbons (Fsp3) is 0.727. The predicted molar refractivity (Wildman–Crippen MR) is 72.8 cm³/mol. The average molecular weight is 274 g/mol. The topological polar surface area (TPSA) is 78.1 Å². The van der Waals surface area contributed by atoms with Crippen molar-refractivity contribution in [2.75, 3.05) is 17.8 Å². The number of hydrogen-bond donors (Lipinski definition) is 2. The summed E-state index contributed by atoms with van der Waals surface area (Å²) >= 11 is 0. The Morgan fingerprint density at radius 3 is 2.28 bits per heavy atom. The molecule has 1 aromatic heterocycles. The van der Waals surface area contributed by atoms with E-state index in [4.69, 9.17) is 0 Å². The number of anilines is 1. The van der Waals surface area contributed by atoms with Crippen molar-refractivity contribution in [2.45, 2.75) is 40.0 Å². The molecule has 18 heavy (non-hydrogen) atoms. The maximum Gasteiger partial charge on any atom is 0.302 e. The third kappa shape index (κ3) is 3.46. The number of H-pyrrole nitrogens is 1. The van der Waals surface area contributed by atoms with Crippen LogP contribution in [-0.4, -0.2) is 36.0 Å². The molecule has 0 saturated heterocycles. The zero-order valence-corrected chi connectivity index (χ0v) is 12.4. The average Bonchev–Trinajstić information content (AvgIpc) is 2.66. The van der Waals surface area contributed by atoms with Gasteiger partial charge < -0.3 is 0 Å². The Balaban J connectivity index is 2.89. The van der Waals surface area contributed by atoms with Gasteiger partial charge in [-0.2, -0.15) is 17.8 Å². The SMILES string of the molecule is CCN(CC)S(=O)(=O)Nc1cc(C(C)(C)C)[nH]n1. The minimum atomic E-state index is -3.51. The summed E-state index contributed by atoms with van der Waals surface area (Å²) in [4.78, 5) is 0. The van der Waals surface area contributed by atoms with Gasteiger partial charge in [0.05, 0.1) is 0 Å². The monoisotopic (exact) mass is 274 g/mol. The van der Waals surface area contributed by atoms with Crippen LogP contribution in [0.25, 0.3) is 0 Å². The van der Waals surface area contributed by atoms with Gasteiger partial charge in [-0.15, -0.1) is 0 Å². The summed E-state index contributed by atoms with van der Waals surface area (Å²) in [6.45, 7) is 10.6. The Hall–Kier alpha value is -1.08. The first-order chi connectivity index (χ1) is 8.20. The molecule has 0 atom stereocenters. The molecule has 0 fully saturated rings. The minimum Gasteiger partial charge on any atom is -0.280 e. The molecule has 0 spiro atoms. The lowest BCUT2D eigenvalue weighted by molar-refractivity contribution is 0.449. The van der Waals surface area contributed by atoms with E-state index in [9.17, 15) is 8.42 Å². The molecule has 0 aliphatic carbocycles. The van der Waals surface area contributed by atoms with Crippen LogP contribution in [0.5, 0.6) is 0 Å². The Labute approximate surface area is 109 Å². The largest absolute Gasteiger partial charge is 0.302 e. The fourth-order valence-electron chi connectivity index (χ4n) is 1.52. The van der Waals surface area contributed by atoms with Crippen molar-refractivity contribution in [3.63, 3.8) is 0 Å². The lowest BCUT2D eigenvalue weighted by atomic mass is 9.92. The summed E-state index contributed by atoms with van der Waals surface area (Å²) in [7, 11) is -3.51. The third-order valence-corrected chi connectivity index (χ3v) is 4.33. The smallest absolute Gasteiger partial charge is 0.280 e. The van der Waals surface area contributed by atoms with Gasteiger partial charge in [0.15, 0.2) is 5.82 Å². The summed E-state index contributed by atoms with van der Waals surface area (Å²) in [6, 6.07) is 1.72. The maximum absolute atomic E-state index is 12.0. The quantitative estimate of drug-likeness (QED) is 0.858. The third-order valence-electron chi connectivity index (χ3n) is 2.66. The number of aromatic nitrogens is 2. The molecule has 0 bridgehead atoms. The van der Waals surface area contributed by atoms with Gasteiger partial charge in [0.25, 0.3) is 0 Å². The van der Waals surface area contributed by atoms with Gasteiger partial charge in [-0.25, -0.2) is 0 Å². The van der Waals surface area contributed by atoms with Crippen molar-refractivity contribution in [3.05, 3.63) is 11.8 Å². The molecule has 0 aliphatic heterocycles. The molecule has 0 aliphatic rings. The van der Waals surface area contributed by atoms with Crippen LogP contribution in [0.2, 0.25) is 0 Å². The van der Waals surface area contributed by atoms with E-state index in [1.54, 1.807) is 19.9 Å². The molecule has 0 radical (unpaired) electrons. The summed E-state index contributed by atoms with van der Waals surface area (Å²) in [5.41, 5.74) is 0.797. The van der Waals surface area contributed by atoms with Crippen molar-refractivity contribution in [1.29, 1.82) is 0 Å². The summed E-state index contributed by atoms with van der Waals surface area (Å²) < 4.78 is 27.8. The summed E-state index contributed by atoms with van der Waals surface area (Å²) in [6.07, 6.45) is 0. The van der Waals surface area contributed by atoms with E-state index in [2.05, 4.69) is 14.9 Å². The predicted octanol–water partition coefficient (Wildman–Crippen LogP) is 1.71. The molecule has 0 saturated carbocycles. The van der Waals surface area contributed by atoms with E-state index in [0.29, 0.717) is 18.9 Å². The second-order valence-corrected chi connectivity index (χ2v) is 6.78.